The van der Waals surface area contributed by atoms with Crippen molar-refractivity contribution in [3.05, 3.63) is 69.5 Å². The molecule has 0 fully saturated rings. The second-order valence-electron chi connectivity index (χ2n) is 5.26. The average molecular weight is 332 g/mol. The van der Waals surface area contributed by atoms with Crippen molar-refractivity contribution in [1.29, 1.82) is 0 Å². The van der Waals surface area contributed by atoms with Crippen LogP contribution in [0.4, 0.5) is 10.1 Å². The maximum Gasteiger partial charge on any atom is 0.305 e. The number of nitrogens with zero attached hydrogens (tertiary/aromatic N) is 2. The van der Waals surface area contributed by atoms with Crippen LogP contribution in [0.5, 0.6) is 5.75 Å². The maximum atomic E-state index is 13.4. The molecule has 0 aromatic heterocycles. The fraction of sp³-hybridized carbons (Fsp3) is 0.235. The molecule has 0 heterocycles. The number of benzene rings is 2. The predicted octanol–water partition coefficient (Wildman–Crippen LogP) is 3.58. The number of para-hydroxylation sites is 1. The van der Waals surface area contributed by atoms with Crippen LogP contribution < -0.4 is 4.74 Å². The first-order valence-electron chi connectivity index (χ1n) is 7.20. The van der Waals surface area contributed by atoms with Crippen LogP contribution in [-0.4, -0.2) is 29.9 Å². The van der Waals surface area contributed by atoms with Gasteiger partial charge >= 0.3 is 5.69 Å². The van der Waals surface area contributed by atoms with Gasteiger partial charge in [-0.2, -0.15) is 4.39 Å². The van der Waals surface area contributed by atoms with Crippen molar-refractivity contribution in [2.75, 3.05) is 14.2 Å². The van der Waals surface area contributed by atoms with Crippen LogP contribution in [0.2, 0.25) is 0 Å². The highest BCUT2D eigenvalue weighted by Crippen LogP contribution is 2.29. The zero-order chi connectivity index (χ0) is 17.9. The van der Waals surface area contributed by atoms with E-state index >= 15 is 0 Å². The molecule has 2 aromatic rings. The molecule has 1 amide bonds. The van der Waals surface area contributed by atoms with Crippen LogP contribution in [0.3, 0.4) is 0 Å². The van der Waals surface area contributed by atoms with Gasteiger partial charge in [0.15, 0.2) is 0 Å². The van der Waals surface area contributed by atoms with Crippen LogP contribution in [0.25, 0.3) is 0 Å². The molecule has 7 heteroatoms. The highest BCUT2D eigenvalue weighted by Gasteiger charge is 2.24. The van der Waals surface area contributed by atoms with Gasteiger partial charge in [0.1, 0.15) is 5.75 Å². The topological polar surface area (TPSA) is 72.7 Å². The van der Waals surface area contributed by atoms with Crippen LogP contribution in [0, 0.1) is 15.9 Å². The summed E-state index contributed by atoms with van der Waals surface area (Å²) in [5.74, 6) is -0.789. The lowest BCUT2D eigenvalue weighted by Crippen LogP contribution is -2.30. The van der Waals surface area contributed by atoms with Gasteiger partial charge in [0, 0.05) is 24.2 Å². The number of carbonyl (C=O) groups excluding carboxylic acids is 1. The minimum absolute atomic E-state index is 0.0485. The maximum absolute atomic E-state index is 13.4. The van der Waals surface area contributed by atoms with E-state index in [0.29, 0.717) is 5.75 Å². The van der Waals surface area contributed by atoms with E-state index in [1.807, 2.05) is 25.1 Å². The molecule has 0 aliphatic carbocycles. The number of hydrogen-bond acceptors (Lipinski definition) is 4. The Labute approximate surface area is 138 Å². The molecule has 0 saturated carbocycles. The third kappa shape index (κ3) is 3.34. The summed E-state index contributed by atoms with van der Waals surface area (Å²) in [6, 6.07) is 10.0. The normalized spacial score (nSPS) is 11.7. The summed E-state index contributed by atoms with van der Waals surface area (Å²) >= 11 is 0. The Kier molecular flexibility index (Phi) is 5.13. The second kappa shape index (κ2) is 7.08. The van der Waals surface area contributed by atoms with E-state index < -0.39 is 22.3 Å². The summed E-state index contributed by atoms with van der Waals surface area (Å²) in [4.78, 5) is 24.0. The molecule has 24 heavy (non-hydrogen) atoms. The molecule has 0 aliphatic heterocycles. The van der Waals surface area contributed by atoms with Crippen LogP contribution in [0.1, 0.15) is 28.9 Å². The molecule has 126 valence electrons. The lowest BCUT2D eigenvalue weighted by atomic mass is 10.0. The van der Waals surface area contributed by atoms with Crippen molar-refractivity contribution in [1.82, 2.24) is 4.90 Å². The largest absolute Gasteiger partial charge is 0.496 e. The monoisotopic (exact) mass is 332 g/mol. The predicted molar refractivity (Wildman–Crippen MR) is 86.6 cm³/mol. The number of halogens is 1. The molecule has 6 nitrogen and oxygen atoms in total. The molecule has 0 saturated heterocycles. The number of ether oxygens (including phenoxy) is 1. The van der Waals surface area contributed by atoms with Crippen molar-refractivity contribution < 1.29 is 18.8 Å². The summed E-state index contributed by atoms with van der Waals surface area (Å²) < 4.78 is 18.7. The van der Waals surface area contributed by atoms with Crippen molar-refractivity contribution in [2.45, 2.75) is 13.0 Å². The van der Waals surface area contributed by atoms with Crippen LogP contribution in [-0.2, 0) is 0 Å². The molecule has 0 aliphatic rings. The Balaban J connectivity index is 2.32. The molecule has 0 N–H and O–H groups in total. The number of hydrogen-bond donors (Lipinski definition) is 0. The Morgan fingerprint density at radius 1 is 1.29 bits per heavy atom. The Morgan fingerprint density at radius 3 is 2.58 bits per heavy atom. The smallest absolute Gasteiger partial charge is 0.305 e. The van der Waals surface area contributed by atoms with E-state index in [1.54, 1.807) is 13.1 Å². The number of nitro groups is 1. The molecule has 2 rings (SSSR count). The van der Waals surface area contributed by atoms with Gasteiger partial charge in [0.2, 0.25) is 5.82 Å². The second-order valence-corrected chi connectivity index (χ2v) is 5.26. The fourth-order valence-electron chi connectivity index (χ4n) is 2.39. The molecule has 0 bridgehead atoms. The van der Waals surface area contributed by atoms with Gasteiger partial charge < -0.3 is 9.64 Å². The Morgan fingerprint density at radius 2 is 1.96 bits per heavy atom. The minimum atomic E-state index is -0.975. The summed E-state index contributed by atoms with van der Waals surface area (Å²) in [6.07, 6.45) is 0. The fourth-order valence-corrected chi connectivity index (χ4v) is 2.39. The molecule has 0 radical (unpaired) electrons. The summed E-state index contributed by atoms with van der Waals surface area (Å²) in [7, 11) is 3.12. The van der Waals surface area contributed by atoms with Gasteiger partial charge in [0.25, 0.3) is 5.91 Å². The summed E-state index contributed by atoms with van der Waals surface area (Å²) in [6.45, 7) is 1.81. The zero-order valence-electron chi connectivity index (χ0n) is 13.5. The lowest BCUT2D eigenvalue weighted by Gasteiger charge is -2.26. The average Bonchev–Trinajstić information content (AvgIpc) is 2.59. The number of methoxy groups -OCH3 is 1. The van der Waals surface area contributed by atoms with Gasteiger partial charge in [-0.25, -0.2) is 0 Å². The molecule has 1 atom stereocenters. The Hall–Kier alpha value is -2.96. The summed E-state index contributed by atoms with van der Waals surface area (Å²) in [5.41, 5.74) is 0.124. The van der Waals surface area contributed by atoms with E-state index in [1.165, 1.54) is 18.1 Å². The minimum Gasteiger partial charge on any atom is -0.496 e. The molecule has 2 aromatic carbocycles. The standard InChI is InChI=1S/C17H17FN2O4/c1-11(13-6-4-5-7-16(13)24-3)19(2)17(21)12-8-9-14(18)15(10-12)20(22)23/h4-11H,1-3H3. The van der Waals surface area contributed by atoms with E-state index in [2.05, 4.69) is 0 Å². The first-order chi connectivity index (χ1) is 11.4. The number of carbonyl (C=O) groups is 1. The van der Waals surface area contributed by atoms with Crippen molar-refractivity contribution in [2.24, 2.45) is 0 Å². The van der Waals surface area contributed by atoms with Gasteiger partial charge in [-0.15, -0.1) is 0 Å². The van der Waals surface area contributed by atoms with E-state index in [9.17, 15) is 19.3 Å². The van der Waals surface area contributed by atoms with E-state index in [-0.39, 0.29) is 11.6 Å². The molecule has 1 unspecified atom stereocenters. The van der Waals surface area contributed by atoms with Crippen molar-refractivity contribution >= 4 is 11.6 Å². The third-order valence-corrected chi connectivity index (χ3v) is 3.88. The van der Waals surface area contributed by atoms with Gasteiger partial charge in [-0.1, -0.05) is 18.2 Å². The van der Waals surface area contributed by atoms with Gasteiger partial charge in [0.05, 0.1) is 18.1 Å². The van der Waals surface area contributed by atoms with Gasteiger partial charge in [-0.05, 0) is 25.1 Å². The molecular weight excluding hydrogens is 315 g/mol. The highest BCUT2D eigenvalue weighted by atomic mass is 19.1. The van der Waals surface area contributed by atoms with Crippen molar-refractivity contribution in [3.63, 3.8) is 0 Å². The summed E-state index contributed by atoms with van der Waals surface area (Å²) in [5, 5.41) is 10.8. The number of rotatable bonds is 5. The SMILES string of the molecule is COc1ccccc1C(C)N(C)C(=O)c1ccc(F)c([N+](=O)[O-])c1. The molecule has 0 spiro atoms. The number of amides is 1. The van der Waals surface area contributed by atoms with E-state index in [4.69, 9.17) is 4.74 Å². The first kappa shape index (κ1) is 17.4. The number of nitro benzene ring substituents is 1. The first-order valence-corrected chi connectivity index (χ1v) is 7.20. The lowest BCUT2D eigenvalue weighted by molar-refractivity contribution is -0.387. The van der Waals surface area contributed by atoms with Gasteiger partial charge in [-0.3, -0.25) is 14.9 Å². The Bertz CT molecular complexity index is 779. The zero-order valence-corrected chi connectivity index (χ0v) is 13.5. The third-order valence-electron chi connectivity index (χ3n) is 3.88. The van der Waals surface area contributed by atoms with Crippen LogP contribution in [0.15, 0.2) is 42.5 Å². The van der Waals surface area contributed by atoms with E-state index in [0.717, 1.165) is 17.7 Å². The highest BCUT2D eigenvalue weighted by molar-refractivity contribution is 5.95. The quantitative estimate of drug-likeness (QED) is 0.620. The van der Waals surface area contributed by atoms with Crippen molar-refractivity contribution in [3.8, 4) is 5.75 Å². The van der Waals surface area contributed by atoms with Crippen LogP contribution >= 0.6 is 0 Å². The molecular formula is C17H17FN2O4.